The average molecular weight is 400 g/mol. The molecule has 0 saturated carbocycles. The van der Waals surface area contributed by atoms with Crippen molar-refractivity contribution in [3.8, 4) is 6.07 Å². The van der Waals surface area contributed by atoms with Gasteiger partial charge in [0.1, 0.15) is 0 Å². The molecule has 2 aromatic carbocycles. The first-order valence-corrected chi connectivity index (χ1v) is 10.2. The van der Waals surface area contributed by atoms with Crippen LogP contribution in [0.15, 0.2) is 47.3 Å². The van der Waals surface area contributed by atoms with Gasteiger partial charge in [-0.25, -0.2) is 4.79 Å². The van der Waals surface area contributed by atoms with E-state index >= 15 is 0 Å². The summed E-state index contributed by atoms with van der Waals surface area (Å²) in [6, 6.07) is 15.6. The number of methoxy groups -OCH3 is 1. The summed E-state index contributed by atoms with van der Waals surface area (Å²) in [6.07, 6.45) is 4.34. The zero-order valence-corrected chi connectivity index (χ0v) is 17.2. The molecule has 0 saturated heterocycles. The smallest absolute Gasteiger partial charge is 0.337 e. The van der Waals surface area contributed by atoms with E-state index in [1.54, 1.807) is 18.2 Å². The quantitative estimate of drug-likeness (QED) is 0.665. The van der Waals surface area contributed by atoms with Gasteiger partial charge in [-0.3, -0.25) is 4.79 Å². The monoisotopic (exact) mass is 400 g/mol. The number of hydrogen-bond acceptors (Lipinski definition) is 4. The van der Waals surface area contributed by atoms with Gasteiger partial charge in [-0.1, -0.05) is 24.3 Å². The molecule has 152 valence electrons. The third-order valence-electron chi connectivity index (χ3n) is 6.12. The van der Waals surface area contributed by atoms with Crippen LogP contribution in [-0.2, 0) is 29.4 Å². The lowest BCUT2D eigenvalue weighted by atomic mass is 9.77. The Labute approximate surface area is 175 Å². The summed E-state index contributed by atoms with van der Waals surface area (Å²) in [5, 5.41) is 11.1. The Kier molecular flexibility index (Phi) is 5.17. The van der Waals surface area contributed by atoms with Crippen molar-refractivity contribution in [1.29, 1.82) is 5.26 Å². The molecule has 5 heteroatoms. The standard InChI is InChI=1S/C25H24N2O3/c1-25(15-26,14-16-6-5-7-17(12-16)24(29)30-2)18-10-11-20-19-8-3-4-9-21(19)23(28)27-22(20)13-18/h5-7,10-13H,3-4,8-9,14H2,1-2H3,(H,27,28). The average Bonchev–Trinajstić information content (AvgIpc) is 2.78. The first-order valence-electron chi connectivity index (χ1n) is 10.2. The summed E-state index contributed by atoms with van der Waals surface area (Å²) in [5.41, 5.74) is 4.19. The third kappa shape index (κ3) is 3.50. The molecule has 0 fully saturated rings. The summed E-state index contributed by atoms with van der Waals surface area (Å²) in [6.45, 7) is 1.88. The number of aromatic nitrogens is 1. The van der Waals surface area contributed by atoms with Gasteiger partial charge < -0.3 is 9.72 Å². The van der Waals surface area contributed by atoms with Crippen LogP contribution >= 0.6 is 0 Å². The molecule has 0 aliphatic heterocycles. The molecule has 1 atom stereocenters. The van der Waals surface area contributed by atoms with Crippen molar-refractivity contribution in [3.63, 3.8) is 0 Å². The zero-order valence-electron chi connectivity index (χ0n) is 17.2. The summed E-state index contributed by atoms with van der Waals surface area (Å²) in [5.74, 6) is -0.399. The molecule has 1 aromatic heterocycles. The van der Waals surface area contributed by atoms with Gasteiger partial charge in [0.2, 0.25) is 0 Å². The Morgan fingerprint density at radius 2 is 1.93 bits per heavy atom. The number of esters is 1. The van der Waals surface area contributed by atoms with Crippen LogP contribution in [0.25, 0.3) is 10.9 Å². The molecule has 1 aliphatic carbocycles. The van der Waals surface area contributed by atoms with Crippen LogP contribution < -0.4 is 5.56 Å². The molecule has 1 aliphatic rings. The number of H-pyrrole nitrogens is 1. The third-order valence-corrected chi connectivity index (χ3v) is 6.12. The van der Waals surface area contributed by atoms with Crippen molar-refractivity contribution in [1.82, 2.24) is 4.98 Å². The lowest BCUT2D eigenvalue weighted by molar-refractivity contribution is 0.0600. The highest BCUT2D eigenvalue weighted by molar-refractivity contribution is 5.89. The first kappa shape index (κ1) is 19.9. The molecule has 1 unspecified atom stereocenters. The van der Waals surface area contributed by atoms with Gasteiger partial charge in [-0.2, -0.15) is 5.26 Å². The largest absolute Gasteiger partial charge is 0.465 e. The number of nitrogens with one attached hydrogen (secondary N) is 1. The number of rotatable bonds is 4. The number of carbonyl (C=O) groups is 1. The number of aryl methyl sites for hydroxylation is 1. The second kappa shape index (κ2) is 7.79. The van der Waals surface area contributed by atoms with E-state index in [2.05, 4.69) is 11.1 Å². The van der Waals surface area contributed by atoms with Crippen LogP contribution in [0.5, 0.6) is 0 Å². The number of pyridine rings is 1. The number of nitrogens with zero attached hydrogens (tertiary/aromatic N) is 1. The lowest BCUT2D eigenvalue weighted by Crippen LogP contribution is -2.24. The lowest BCUT2D eigenvalue weighted by Gasteiger charge is -2.24. The first-order chi connectivity index (χ1) is 14.4. The van der Waals surface area contributed by atoms with E-state index in [0.29, 0.717) is 12.0 Å². The number of ether oxygens (including phenoxy) is 1. The minimum atomic E-state index is -0.810. The van der Waals surface area contributed by atoms with Gasteiger partial charge in [0.15, 0.2) is 0 Å². The number of hydrogen-bond donors (Lipinski definition) is 1. The molecular formula is C25H24N2O3. The Hall–Kier alpha value is -3.39. The Morgan fingerprint density at radius 1 is 1.17 bits per heavy atom. The van der Waals surface area contributed by atoms with E-state index in [0.717, 1.165) is 58.8 Å². The Morgan fingerprint density at radius 3 is 2.67 bits per heavy atom. The molecular weight excluding hydrogens is 376 g/mol. The summed E-state index contributed by atoms with van der Waals surface area (Å²) in [4.78, 5) is 27.4. The second-order valence-corrected chi connectivity index (χ2v) is 8.19. The van der Waals surface area contributed by atoms with Gasteiger partial charge in [0.25, 0.3) is 5.56 Å². The van der Waals surface area contributed by atoms with Gasteiger partial charge in [0.05, 0.1) is 24.2 Å². The predicted octanol–water partition coefficient (Wildman–Crippen LogP) is 4.22. The highest BCUT2D eigenvalue weighted by Gasteiger charge is 2.28. The summed E-state index contributed by atoms with van der Waals surface area (Å²) < 4.78 is 4.80. The summed E-state index contributed by atoms with van der Waals surface area (Å²) in [7, 11) is 1.35. The SMILES string of the molecule is COC(=O)c1cccc(CC(C)(C#N)c2ccc3c4c(c(=O)[nH]c3c2)CCCC4)c1. The number of carbonyl (C=O) groups excluding carboxylic acids is 1. The number of fused-ring (bicyclic) bond motifs is 3. The minimum absolute atomic E-state index is 0.0150. The van der Waals surface area contributed by atoms with E-state index in [9.17, 15) is 14.9 Å². The van der Waals surface area contributed by atoms with E-state index in [1.807, 2.05) is 31.2 Å². The summed E-state index contributed by atoms with van der Waals surface area (Å²) >= 11 is 0. The second-order valence-electron chi connectivity index (χ2n) is 8.19. The van der Waals surface area contributed by atoms with E-state index in [4.69, 9.17) is 4.74 Å². The molecule has 1 N–H and O–H groups in total. The van der Waals surface area contributed by atoms with Crippen molar-refractivity contribution in [2.75, 3.05) is 7.11 Å². The van der Waals surface area contributed by atoms with Gasteiger partial charge in [-0.05, 0) is 73.9 Å². The number of aromatic amines is 1. The van der Waals surface area contributed by atoms with Crippen LogP contribution in [0.2, 0.25) is 0 Å². The predicted molar refractivity (Wildman–Crippen MR) is 116 cm³/mol. The maximum Gasteiger partial charge on any atom is 0.337 e. The van der Waals surface area contributed by atoms with E-state index in [1.165, 1.54) is 7.11 Å². The van der Waals surface area contributed by atoms with E-state index < -0.39 is 11.4 Å². The number of benzene rings is 2. The molecule has 3 aromatic rings. The van der Waals surface area contributed by atoms with Crippen molar-refractivity contribution in [2.45, 2.75) is 44.4 Å². The normalized spacial score (nSPS) is 15.1. The van der Waals surface area contributed by atoms with Crippen LogP contribution in [0, 0.1) is 11.3 Å². The molecule has 0 amide bonds. The van der Waals surface area contributed by atoms with E-state index in [-0.39, 0.29) is 5.56 Å². The fraction of sp³-hybridized carbons (Fsp3) is 0.320. The highest BCUT2D eigenvalue weighted by Crippen LogP contribution is 2.32. The minimum Gasteiger partial charge on any atom is -0.465 e. The molecule has 30 heavy (non-hydrogen) atoms. The molecule has 0 radical (unpaired) electrons. The van der Waals surface area contributed by atoms with Crippen molar-refractivity contribution >= 4 is 16.9 Å². The van der Waals surface area contributed by atoms with Crippen LogP contribution in [-0.4, -0.2) is 18.1 Å². The van der Waals surface area contributed by atoms with Gasteiger partial charge in [-0.15, -0.1) is 0 Å². The van der Waals surface area contributed by atoms with Crippen LogP contribution in [0.1, 0.15) is 52.4 Å². The topological polar surface area (TPSA) is 82.9 Å². The van der Waals surface area contributed by atoms with Crippen LogP contribution in [0.4, 0.5) is 0 Å². The van der Waals surface area contributed by atoms with Gasteiger partial charge >= 0.3 is 5.97 Å². The fourth-order valence-electron chi connectivity index (χ4n) is 4.45. The maximum absolute atomic E-state index is 12.6. The Balaban J connectivity index is 1.75. The van der Waals surface area contributed by atoms with Crippen molar-refractivity contribution in [3.05, 3.63) is 80.6 Å². The molecule has 0 spiro atoms. The number of nitriles is 1. The fourth-order valence-corrected chi connectivity index (χ4v) is 4.45. The van der Waals surface area contributed by atoms with Crippen molar-refractivity contribution < 1.29 is 9.53 Å². The highest BCUT2D eigenvalue weighted by atomic mass is 16.5. The zero-order chi connectivity index (χ0) is 21.3. The van der Waals surface area contributed by atoms with Crippen LogP contribution in [0.3, 0.4) is 0 Å². The molecule has 5 nitrogen and oxygen atoms in total. The Bertz CT molecular complexity index is 1240. The molecule has 1 heterocycles. The van der Waals surface area contributed by atoms with Crippen molar-refractivity contribution in [2.24, 2.45) is 0 Å². The maximum atomic E-state index is 12.6. The molecule has 4 rings (SSSR count). The van der Waals surface area contributed by atoms with Gasteiger partial charge in [0, 0.05) is 16.5 Å². The molecule has 0 bridgehead atoms.